The highest BCUT2D eigenvalue weighted by molar-refractivity contribution is 6.34. The van der Waals surface area contributed by atoms with Crippen LogP contribution in [0.5, 0.6) is 11.5 Å². The Labute approximate surface area is 109 Å². The van der Waals surface area contributed by atoms with Gasteiger partial charge in [-0.2, -0.15) is 0 Å². The minimum Gasteiger partial charge on any atom is -0.454 e. The van der Waals surface area contributed by atoms with E-state index in [0.717, 1.165) is 0 Å². The molecule has 3 nitrogen and oxygen atoms in total. The van der Waals surface area contributed by atoms with Gasteiger partial charge in [-0.1, -0.05) is 23.2 Å². The lowest BCUT2D eigenvalue weighted by Crippen LogP contribution is -2.01. The molecule has 1 aromatic carbocycles. The van der Waals surface area contributed by atoms with Crippen LogP contribution in [-0.4, -0.2) is 4.98 Å². The van der Waals surface area contributed by atoms with E-state index in [2.05, 4.69) is 4.98 Å². The molecule has 0 atom stereocenters. The number of pyridine rings is 1. The van der Waals surface area contributed by atoms with Crippen LogP contribution in [0.4, 0.5) is 0 Å². The van der Waals surface area contributed by atoms with Gasteiger partial charge in [0.15, 0.2) is 0 Å². The van der Waals surface area contributed by atoms with Crippen molar-refractivity contribution in [2.24, 2.45) is 5.73 Å². The van der Waals surface area contributed by atoms with E-state index >= 15 is 0 Å². The van der Waals surface area contributed by atoms with E-state index in [1.807, 2.05) is 0 Å². The average molecular weight is 269 g/mol. The second-order valence-corrected chi connectivity index (χ2v) is 4.17. The van der Waals surface area contributed by atoms with E-state index in [4.69, 9.17) is 33.7 Å². The predicted molar refractivity (Wildman–Crippen MR) is 68.7 cm³/mol. The molecule has 17 heavy (non-hydrogen) atoms. The molecule has 0 saturated heterocycles. The third kappa shape index (κ3) is 2.88. The zero-order valence-electron chi connectivity index (χ0n) is 8.86. The van der Waals surface area contributed by atoms with Crippen molar-refractivity contribution < 1.29 is 4.74 Å². The summed E-state index contributed by atoms with van der Waals surface area (Å²) in [5.41, 5.74) is 6.24. The Morgan fingerprint density at radius 1 is 1.18 bits per heavy atom. The molecule has 2 aromatic rings. The van der Waals surface area contributed by atoms with Crippen molar-refractivity contribution in [2.75, 3.05) is 0 Å². The molecule has 0 fully saturated rings. The second-order valence-electron chi connectivity index (χ2n) is 3.33. The highest BCUT2D eigenvalue weighted by atomic mass is 35.5. The third-order valence-electron chi connectivity index (χ3n) is 2.15. The van der Waals surface area contributed by atoms with E-state index in [1.165, 1.54) is 0 Å². The van der Waals surface area contributed by atoms with Crippen LogP contribution in [-0.2, 0) is 6.54 Å². The summed E-state index contributed by atoms with van der Waals surface area (Å²) >= 11 is 11.9. The molecule has 0 radical (unpaired) electrons. The van der Waals surface area contributed by atoms with Gasteiger partial charge in [0.25, 0.3) is 0 Å². The largest absolute Gasteiger partial charge is 0.454 e. The minimum absolute atomic E-state index is 0.300. The second kappa shape index (κ2) is 5.36. The summed E-state index contributed by atoms with van der Waals surface area (Å²) in [6.07, 6.45) is 1.66. The molecule has 0 aliphatic heterocycles. The van der Waals surface area contributed by atoms with Crippen LogP contribution in [0.2, 0.25) is 10.0 Å². The monoisotopic (exact) mass is 268 g/mol. The van der Waals surface area contributed by atoms with Crippen molar-refractivity contribution in [1.82, 2.24) is 4.98 Å². The summed E-state index contributed by atoms with van der Waals surface area (Å²) in [7, 11) is 0. The van der Waals surface area contributed by atoms with Gasteiger partial charge in [-0.3, -0.25) is 4.98 Å². The summed E-state index contributed by atoms with van der Waals surface area (Å²) in [5.74, 6) is 1.07. The molecule has 0 unspecified atom stereocenters. The van der Waals surface area contributed by atoms with Gasteiger partial charge in [-0.15, -0.1) is 0 Å². The number of hydrogen-bond acceptors (Lipinski definition) is 3. The summed E-state index contributed by atoms with van der Waals surface area (Å²) in [6.45, 7) is 0.300. The molecule has 5 heteroatoms. The van der Waals surface area contributed by atoms with Crippen LogP contribution in [0.25, 0.3) is 0 Å². The summed E-state index contributed by atoms with van der Waals surface area (Å²) in [5, 5.41) is 1.05. The number of rotatable bonds is 3. The fourth-order valence-electron chi connectivity index (χ4n) is 1.34. The van der Waals surface area contributed by atoms with Crippen LogP contribution < -0.4 is 10.5 Å². The smallest absolute Gasteiger partial charge is 0.150 e. The number of hydrogen-bond donors (Lipinski definition) is 1. The lowest BCUT2D eigenvalue weighted by atomic mass is 10.3. The van der Waals surface area contributed by atoms with E-state index in [1.54, 1.807) is 36.5 Å². The van der Waals surface area contributed by atoms with Gasteiger partial charge in [-0.25, -0.2) is 0 Å². The van der Waals surface area contributed by atoms with Gasteiger partial charge in [0.2, 0.25) is 0 Å². The number of benzene rings is 1. The Balaban J connectivity index is 2.34. The first-order valence-corrected chi connectivity index (χ1v) is 5.73. The summed E-state index contributed by atoms with van der Waals surface area (Å²) < 4.78 is 5.65. The van der Waals surface area contributed by atoms with Crippen molar-refractivity contribution in [2.45, 2.75) is 6.54 Å². The van der Waals surface area contributed by atoms with Crippen molar-refractivity contribution >= 4 is 23.2 Å². The van der Waals surface area contributed by atoms with Crippen LogP contribution >= 0.6 is 23.2 Å². The van der Waals surface area contributed by atoms with Gasteiger partial charge in [0.05, 0.1) is 10.7 Å². The molecule has 0 amide bonds. The van der Waals surface area contributed by atoms with Crippen LogP contribution in [0.1, 0.15) is 5.69 Å². The Morgan fingerprint density at radius 2 is 2.00 bits per heavy atom. The highest BCUT2D eigenvalue weighted by Gasteiger charge is 2.07. The third-order valence-corrected chi connectivity index (χ3v) is 2.70. The van der Waals surface area contributed by atoms with Crippen LogP contribution in [0, 0.1) is 0 Å². The molecule has 0 aliphatic carbocycles. The Bertz CT molecular complexity index is 532. The number of nitrogens with zero attached hydrogens (tertiary/aromatic N) is 1. The van der Waals surface area contributed by atoms with Crippen LogP contribution in [0.15, 0.2) is 36.5 Å². The van der Waals surface area contributed by atoms with Crippen molar-refractivity contribution in [3.05, 3.63) is 52.3 Å². The van der Waals surface area contributed by atoms with Gasteiger partial charge in [-0.05, 0) is 24.3 Å². The minimum atomic E-state index is 0.300. The van der Waals surface area contributed by atoms with Crippen molar-refractivity contribution in [3.63, 3.8) is 0 Å². The predicted octanol–water partition coefficient (Wildman–Crippen LogP) is 3.64. The van der Waals surface area contributed by atoms with E-state index in [-0.39, 0.29) is 0 Å². The molecule has 1 aromatic heterocycles. The fraction of sp³-hybridized carbons (Fsp3) is 0.0833. The maximum absolute atomic E-state index is 6.01. The Morgan fingerprint density at radius 3 is 2.76 bits per heavy atom. The first kappa shape index (κ1) is 12.2. The van der Waals surface area contributed by atoms with Gasteiger partial charge in [0.1, 0.15) is 11.5 Å². The average Bonchev–Trinajstić information content (AvgIpc) is 2.34. The number of aromatic nitrogens is 1. The first-order valence-electron chi connectivity index (χ1n) is 4.97. The summed E-state index contributed by atoms with van der Waals surface area (Å²) in [6, 6.07) is 8.58. The fourth-order valence-corrected chi connectivity index (χ4v) is 1.66. The number of halogens is 2. The quantitative estimate of drug-likeness (QED) is 0.925. The lowest BCUT2D eigenvalue weighted by molar-refractivity contribution is 0.473. The van der Waals surface area contributed by atoms with Gasteiger partial charge >= 0.3 is 0 Å². The number of ether oxygens (including phenoxy) is 1. The van der Waals surface area contributed by atoms with Crippen molar-refractivity contribution in [3.8, 4) is 11.5 Å². The maximum atomic E-state index is 6.01. The molecule has 0 aliphatic rings. The van der Waals surface area contributed by atoms with E-state index < -0.39 is 0 Å². The molecule has 0 spiro atoms. The van der Waals surface area contributed by atoms with Crippen molar-refractivity contribution in [1.29, 1.82) is 0 Å². The molecular formula is C12H10Cl2N2O. The van der Waals surface area contributed by atoms with E-state index in [0.29, 0.717) is 33.8 Å². The molecule has 2 rings (SSSR count). The van der Waals surface area contributed by atoms with Crippen LogP contribution in [0.3, 0.4) is 0 Å². The molecule has 88 valence electrons. The standard InChI is InChI=1S/C12H10Cl2N2O/c13-8-3-4-9(14)12(6-8)17-11-2-1-5-16-10(11)7-15/h1-6H,7,15H2. The normalized spacial score (nSPS) is 10.3. The lowest BCUT2D eigenvalue weighted by Gasteiger charge is -2.10. The first-order chi connectivity index (χ1) is 8.20. The Hall–Kier alpha value is -1.29. The zero-order valence-corrected chi connectivity index (χ0v) is 10.4. The molecule has 2 N–H and O–H groups in total. The topological polar surface area (TPSA) is 48.1 Å². The van der Waals surface area contributed by atoms with Gasteiger partial charge in [0, 0.05) is 23.8 Å². The summed E-state index contributed by atoms with van der Waals surface area (Å²) in [4.78, 5) is 4.12. The zero-order chi connectivity index (χ0) is 12.3. The SMILES string of the molecule is NCc1ncccc1Oc1cc(Cl)ccc1Cl. The molecule has 0 bridgehead atoms. The highest BCUT2D eigenvalue weighted by Crippen LogP contribution is 2.32. The van der Waals surface area contributed by atoms with E-state index in [9.17, 15) is 0 Å². The maximum Gasteiger partial charge on any atom is 0.150 e. The molecule has 1 heterocycles. The molecule has 0 saturated carbocycles. The Kier molecular flexibility index (Phi) is 3.84. The van der Waals surface area contributed by atoms with Gasteiger partial charge < -0.3 is 10.5 Å². The molecular weight excluding hydrogens is 259 g/mol. The number of nitrogens with two attached hydrogens (primary N) is 1.